The maximum atomic E-state index is 13.0. The number of hydrogen-bond donors (Lipinski definition) is 3. The van der Waals surface area contributed by atoms with Crippen LogP contribution >= 0.6 is 0 Å². The van der Waals surface area contributed by atoms with Crippen LogP contribution in [-0.4, -0.2) is 47.9 Å². The first-order valence-electron chi connectivity index (χ1n) is 11.6. The second-order valence-electron chi connectivity index (χ2n) is 8.84. The molecule has 0 spiro atoms. The molecule has 3 N–H and O–H groups in total. The van der Waals surface area contributed by atoms with E-state index < -0.39 is 29.9 Å². The molecule has 5 rings (SSSR count). The normalized spacial score (nSPS) is 18.3. The lowest BCUT2D eigenvalue weighted by Gasteiger charge is -2.20. The second-order valence-corrected chi connectivity index (χ2v) is 8.84. The number of hydrogen-bond acceptors (Lipinski definition) is 5. The van der Waals surface area contributed by atoms with E-state index in [0.29, 0.717) is 5.76 Å². The Morgan fingerprint density at radius 2 is 1.89 bits per heavy atom. The summed E-state index contributed by atoms with van der Waals surface area (Å²) in [5.41, 5.74) is 1.66. The van der Waals surface area contributed by atoms with Gasteiger partial charge in [0.2, 0.25) is 5.91 Å². The second kappa shape index (κ2) is 9.26. The molecule has 0 radical (unpaired) electrons. The predicted molar refractivity (Wildman–Crippen MR) is 132 cm³/mol. The number of imide groups is 1. The summed E-state index contributed by atoms with van der Waals surface area (Å²) in [6, 6.07) is 18.2. The van der Waals surface area contributed by atoms with Crippen LogP contribution in [0.5, 0.6) is 5.75 Å². The van der Waals surface area contributed by atoms with Crippen LogP contribution in [0.2, 0.25) is 0 Å². The van der Waals surface area contributed by atoms with Gasteiger partial charge in [-0.2, -0.15) is 0 Å². The smallest absolute Gasteiger partial charge is 0.325 e. The molecule has 0 aliphatic carbocycles. The van der Waals surface area contributed by atoms with Crippen LogP contribution in [-0.2, 0) is 15.1 Å². The van der Waals surface area contributed by atoms with Gasteiger partial charge in [-0.1, -0.05) is 30.3 Å². The molecule has 9 nitrogen and oxygen atoms in total. The Hall–Kier alpha value is -4.53. The third-order valence-corrected chi connectivity index (χ3v) is 6.61. The van der Waals surface area contributed by atoms with E-state index in [2.05, 4.69) is 15.6 Å². The molecule has 2 atom stereocenters. The molecule has 1 saturated heterocycles. The Bertz CT molecular complexity index is 1410. The number of aromatic nitrogens is 1. The summed E-state index contributed by atoms with van der Waals surface area (Å²) in [5, 5.41) is 6.59. The molecule has 36 heavy (non-hydrogen) atoms. The zero-order valence-electron chi connectivity index (χ0n) is 19.9. The highest BCUT2D eigenvalue weighted by atomic mass is 16.5. The van der Waals surface area contributed by atoms with E-state index in [9.17, 15) is 14.4 Å². The summed E-state index contributed by atoms with van der Waals surface area (Å²) in [6.07, 6.45) is 3.37. The molecule has 0 saturated carbocycles. The number of rotatable bonds is 8. The highest BCUT2D eigenvalue weighted by Gasteiger charge is 2.51. The molecule has 4 aromatic rings. The molecular weight excluding hydrogens is 460 g/mol. The van der Waals surface area contributed by atoms with Crippen molar-refractivity contribution in [1.82, 2.24) is 20.5 Å². The van der Waals surface area contributed by atoms with Crippen LogP contribution in [0.1, 0.15) is 29.7 Å². The highest BCUT2D eigenvalue weighted by Crippen LogP contribution is 2.32. The minimum absolute atomic E-state index is 0.174. The largest absolute Gasteiger partial charge is 0.497 e. The van der Waals surface area contributed by atoms with Gasteiger partial charge in [-0.05, 0) is 48.4 Å². The minimum Gasteiger partial charge on any atom is -0.497 e. The molecule has 0 bridgehead atoms. The Labute approximate surface area is 207 Å². The van der Waals surface area contributed by atoms with Gasteiger partial charge in [0.05, 0.1) is 13.4 Å². The monoisotopic (exact) mass is 486 g/mol. The zero-order chi connectivity index (χ0) is 25.3. The van der Waals surface area contributed by atoms with Gasteiger partial charge in [-0.25, -0.2) is 4.79 Å². The van der Waals surface area contributed by atoms with Crippen molar-refractivity contribution in [3.05, 3.63) is 90.0 Å². The summed E-state index contributed by atoms with van der Waals surface area (Å²) in [5.74, 6) is -0.115. The Balaban J connectivity index is 1.34. The Kier molecular flexibility index (Phi) is 5.97. The van der Waals surface area contributed by atoms with Crippen LogP contribution < -0.4 is 15.4 Å². The first-order valence-corrected chi connectivity index (χ1v) is 11.6. The Morgan fingerprint density at radius 1 is 1.11 bits per heavy atom. The molecule has 1 fully saturated rings. The van der Waals surface area contributed by atoms with Gasteiger partial charge in [-0.15, -0.1) is 0 Å². The van der Waals surface area contributed by atoms with Crippen LogP contribution in [0, 0.1) is 0 Å². The molecule has 1 aliphatic heterocycles. The van der Waals surface area contributed by atoms with E-state index in [1.54, 1.807) is 26.2 Å². The van der Waals surface area contributed by atoms with Gasteiger partial charge in [0.1, 0.15) is 18.1 Å². The van der Waals surface area contributed by atoms with Crippen molar-refractivity contribution in [3.63, 3.8) is 0 Å². The number of methoxy groups -OCH3 is 1. The van der Waals surface area contributed by atoms with Crippen molar-refractivity contribution in [2.24, 2.45) is 0 Å². The van der Waals surface area contributed by atoms with Crippen LogP contribution in [0.3, 0.4) is 0 Å². The maximum Gasteiger partial charge on any atom is 0.325 e. The number of H-pyrrole nitrogens is 1. The van der Waals surface area contributed by atoms with Gasteiger partial charge >= 0.3 is 6.03 Å². The fourth-order valence-corrected chi connectivity index (χ4v) is 4.61. The fraction of sp³-hybridized carbons (Fsp3) is 0.222. The summed E-state index contributed by atoms with van der Waals surface area (Å²) in [4.78, 5) is 42.7. The molecule has 4 amide bonds. The average Bonchev–Trinajstić information content (AvgIpc) is 3.62. The zero-order valence-corrected chi connectivity index (χ0v) is 19.9. The lowest BCUT2D eigenvalue weighted by atomic mass is 9.90. The number of carbonyl (C=O) groups excluding carboxylic acids is 3. The lowest BCUT2D eigenvalue weighted by Crippen LogP contribution is -2.43. The number of benzene rings is 2. The predicted octanol–water partition coefficient (Wildman–Crippen LogP) is 3.48. The van der Waals surface area contributed by atoms with E-state index >= 15 is 0 Å². The molecule has 2 aromatic heterocycles. The van der Waals surface area contributed by atoms with E-state index in [4.69, 9.17) is 9.15 Å². The number of furan rings is 1. The Morgan fingerprint density at radius 3 is 2.61 bits per heavy atom. The standard InChI is InChI=1S/C27H26N4O5/c1-27(23-8-5-13-36-23)25(33)31(26(34)30-27)16-24(32)29-14-20(17-9-11-18(35-2)12-10-17)21-15-28-22-7-4-3-6-19(21)22/h3-13,15,20,28H,14,16H2,1-2H3,(H,29,32)(H,30,34)/t20-,27+/m0/s1. The van der Waals surface area contributed by atoms with Crippen LogP contribution in [0.15, 0.2) is 77.5 Å². The first kappa shape index (κ1) is 23.2. The van der Waals surface area contributed by atoms with E-state index in [-0.39, 0.29) is 12.5 Å². The van der Waals surface area contributed by atoms with Gasteiger partial charge in [-0.3, -0.25) is 14.5 Å². The number of nitrogens with zero attached hydrogens (tertiary/aromatic N) is 1. The summed E-state index contributed by atoms with van der Waals surface area (Å²) >= 11 is 0. The quantitative estimate of drug-likeness (QED) is 0.330. The van der Waals surface area contributed by atoms with Gasteiger partial charge < -0.3 is 24.8 Å². The number of urea groups is 1. The maximum absolute atomic E-state index is 13.0. The molecule has 2 aromatic carbocycles. The fourth-order valence-electron chi connectivity index (χ4n) is 4.61. The topological polar surface area (TPSA) is 117 Å². The third kappa shape index (κ3) is 4.08. The summed E-state index contributed by atoms with van der Waals surface area (Å²) in [6.45, 7) is 1.43. The average molecular weight is 487 g/mol. The van der Waals surface area contributed by atoms with Crippen molar-refractivity contribution in [3.8, 4) is 5.75 Å². The molecule has 1 aliphatic rings. The number of ether oxygens (including phenoxy) is 1. The number of carbonyl (C=O) groups is 3. The van der Waals surface area contributed by atoms with Gasteiger partial charge in [0.25, 0.3) is 5.91 Å². The molecule has 9 heteroatoms. The van der Waals surface area contributed by atoms with Crippen molar-refractivity contribution in [2.75, 3.05) is 20.2 Å². The van der Waals surface area contributed by atoms with Gasteiger partial charge in [0.15, 0.2) is 5.54 Å². The van der Waals surface area contributed by atoms with E-state index in [1.807, 2.05) is 54.7 Å². The first-order chi connectivity index (χ1) is 17.4. The third-order valence-electron chi connectivity index (χ3n) is 6.61. The van der Waals surface area contributed by atoms with Gasteiger partial charge in [0, 0.05) is 29.6 Å². The number of fused-ring (bicyclic) bond motifs is 1. The van der Waals surface area contributed by atoms with Crippen molar-refractivity contribution >= 4 is 28.7 Å². The molecular formula is C27H26N4O5. The number of para-hydroxylation sites is 1. The molecule has 184 valence electrons. The van der Waals surface area contributed by atoms with E-state index in [0.717, 1.165) is 32.7 Å². The van der Waals surface area contributed by atoms with Crippen molar-refractivity contribution in [1.29, 1.82) is 0 Å². The highest BCUT2D eigenvalue weighted by molar-refractivity contribution is 6.08. The summed E-state index contributed by atoms with van der Waals surface area (Å²) in [7, 11) is 1.61. The molecule has 0 unspecified atom stereocenters. The lowest BCUT2D eigenvalue weighted by molar-refractivity contribution is -0.135. The SMILES string of the molecule is COc1ccc([C@H](CNC(=O)CN2C(=O)N[C@](C)(c3ccco3)C2=O)c2c[nH]c3ccccc23)cc1. The van der Waals surface area contributed by atoms with Crippen molar-refractivity contribution in [2.45, 2.75) is 18.4 Å². The summed E-state index contributed by atoms with van der Waals surface area (Å²) < 4.78 is 10.6. The van der Waals surface area contributed by atoms with Crippen LogP contribution in [0.4, 0.5) is 4.79 Å². The van der Waals surface area contributed by atoms with E-state index in [1.165, 1.54) is 6.26 Å². The van der Waals surface area contributed by atoms with Crippen molar-refractivity contribution < 1.29 is 23.5 Å². The number of nitrogens with one attached hydrogen (secondary N) is 3. The molecule has 3 heterocycles. The number of aromatic amines is 1. The number of amides is 4. The van der Waals surface area contributed by atoms with Crippen LogP contribution in [0.25, 0.3) is 10.9 Å². The minimum atomic E-state index is -1.35.